The summed E-state index contributed by atoms with van der Waals surface area (Å²) in [6.07, 6.45) is 1.92. The van der Waals surface area contributed by atoms with Crippen LogP contribution in [-0.4, -0.2) is 4.98 Å². The van der Waals surface area contributed by atoms with Crippen molar-refractivity contribution in [3.05, 3.63) is 51.5 Å². The predicted molar refractivity (Wildman–Crippen MR) is 85.6 cm³/mol. The van der Waals surface area contributed by atoms with E-state index in [-0.39, 0.29) is 6.04 Å². The molecule has 1 heterocycles. The van der Waals surface area contributed by atoms with Crippen LogP contribution in [0.15, 0.2) is 29.6 Å². The smallest absolute Gasteiger partial charge is 0.0897 e. The van der Waals surface area contributed by atoms with Gasteiger partial charge in [0.15, 0.2) is 0 Å². The number of nitrogens with one attached hydrogen (secondary N) is 1. The van der Waals surface area contributed by atoms with E-state index >= 15 is 0 Å². The van der Waals surface area contributed by atoms with E-state index in [1.54, 1.807) is 11.3 Å². The van der Waals surface area contributed by atoms with Crippen LogP contribution in [0, 0.1) is 12.8 Å². The van der Waals surface area contributed by atoms with Crippen molar-refractivity contribution in [3.8, 4) is 0 Å². The molecule has 0 aliphatic rings. The van der Waals surface area contributed by atoms with Gasteiger partial charge in [0.2, 0.25) is 0 Å². The maximum Gasteiger partial charge on any atom is 0.0897 e. The van der Waals surface area contributed by atoms with Gasteiger partial charge in [0.25, 0.3) is 0 Å². The SMILES string of the molecule is Cc1nc(CC(NN)c2cccc(CC(C)C)c2)cs1. The van der Waals surface area contributed by atoms with Crippen LogP contribution in [-0.2, 0) is 12.8 Å². The van der Waals surface area contributed by atoms with Crippen LogP contribution in [0.1, 0.15) is 41.7 Å². The Hall–Kier alpha value is -1.23. The van der Waals surface area contributed by atoms with Crippen molar-refractivity contribution in [2.24, 2.45) is 11.8 Å². The van der Waals surface area contributed by atoms with Crippen LogP contribution < -0.4 is 11.3 Å². The first-order valence-electron chi connectivity index (χ1n) is 7.04. The summed E-state index contributed by atoms with van der Waals surface area (Å²) in [5.41, 5.74) is 6.62. The van der Waals surface area contributed by atoms with Gasteiger partial charge in [0, 0.05) is 11.8 Å². The van der Waals surface area contributed by atoms with Crippen molar-refractivity contribution in [2.45, 2.75) is 39.7 Å². The van der Waals surface area contributed by atoms with E-state index in [1.165, 1.54) is 11.1 Å². The molecule has 0 aliphatic carbocycles. The maximum absolute atomic E-state index is 5.74. The van der Waals surface area contributed by atoms with Crippen LogP contribution in [0.4, 0.5) is 0 Å². The number of thiazole rings is 1. The van der Waals surface area contributed by atoms with Crippen molar-refractivity contribution >= 4 is 11.3 Å². The molecule has 108 valence electrons. The summed E-state index contributed by atoms with van der Waals surface area (Å²) in [7, 11) is 0. The highest BCUT2D eigenvalue weighted by molar-refractivity contribution is 7.09. The molecule has 2 aromatic rings. The van der Waals surface area contributed by atoms with E-state index < -0.39 is 0 Å². The Morgan fingerprint density at radius 3 is 2.70 bits per heavy atom. The van der Waals surface area contributed by atoms with Crippen LogP contribution in [0.5, 0.6) is 0 Å². The van der Waals surface area contributed by atoms with Crippen molar-refractivity contribution in [3.63, 3.8) is 0 Å². The van der Waals surface area contributed by atoms with Gasteiger partial charge in [-0.1, -0.05) is 38.1 Å². The first kappa shape index (κ1) is 15.2. The van der Waals surface area contributed by atoms with Crippen molar-refractivity contribution in [2.75, 3.05) is 0 Å². The number of nitrogens with zero attached hydrogens (tertiary/aromatic N) is 1. The third kappa shape index (κ3) is 4.13. The Balaban J connectivity index is 2.14. The van der Waals surface area contributed by atoms with Crippen LogP contribution in [0.25, 0.3) is 0 Å². The van der Waals surface area contributed by atoms with Gasteiger partial charge in [-0.3, -0.25) is 11.3 Å². The Labute approximate surface area is 125 Å². The summed E-state index contributed by atoms with van der Waals surface area (Å²) in [4.78, 5) is 4.52. The zero-order chi connectivity index (χ0) is 14.5. The molecule has 3 N–H and O–H groups in total. The van der Waals surface area contributed by atoms with Gasteiger partial charge in [0.1, 0.15) is 0 Å². The van der Waals surface area contributed by atoms with Crippen LogP contribution in [0.3, 0.4) is 0 Å². The zero-order valence-electron chi connectivity index (χ0n) is 12.4. The number of hydrogen-bond acceptors (Lipinski definition) is 4. The second-order valence-corrected chi connectivity index (χ2v) is 6.69. The predicted octanol–water partition coefficient (Wildman–Crippen LogP) is 3.40. The molecule has 1 atom stereocenters. The van der Waals surface area contributed by atoms with Crippen molar-refractivity contribution in [1.29, 1.82) is 0 Å². The number of aromatic nitrogens is 1. The normalized spacial score (nSPS) is 12.8. The topological polar surface area (TPSA) is 50.9 Å². The molecule has 0 aliphatic heterocycles. The van der Waals surface area contributed by atoms with Gasteiger partial charge in [-0.25, -0.2) is 4.98 Å². The minimum atomic E-state index is 0.114. The van der Waals surface area contributed by atoms with Crippen molar-refractivity contribution < 1.29 is 0 Å². The molecule has 1 aromatic heterocycles. The molecule has 0 radical (unpaired) electrons. The first-order valence-corrected chi connectivity index (χ1v) is 7.92. The molecular formula is C16H23N3S. The Morgan fingerprint density at radius 2 is 2.10 bits per heavy atom. The minimum absolute atomic E-state index is 0.114. The second kappa shape index (κ2) is 6.97. The molecule has 3 nitrogen and oxygen atoms in total. The fraction of sp³-hybridized carbons (Fsp3) is 0.438. The molecule has 0 fully saturated rings. The molecular weight excluding hydrogens is 266 g/mol. The lowest BCUT2D eigenvalue weighted by Crippen LogP contribution is -2.29. The highest BCUT2D eigenvalue weighted by Crippen LogP contribution is 2.21. The lowest BCUT2D eigenvalue weighted by Gasteiger charge is -2.16. The minimum Gasteiger partial charge on any atom is -0.271 e. The molecule has 1 unspecified atom stereocenters. The standard InChI is InChI=1S/C16H23N3S/c1-11(2)7-13-5-4-6-14(8-13)16(19-17)9-15-10-20-12(3)18-15/h4-6,8,10-11,16,19H,7,9,17H2,1-3H3. The van der Waals surface area contributed by atoms with Crippen LogP contribution in [0.2, 0.25) is 0 Å². The van der Waals surface area contributed by atoms with Crippen LogP contribution >= 0.6 is 11.3 Å². The van der Waals surface area contributed by atoms with Gasteiger partial charge in [0.05, 0.1) is 16.7 Å². The second-order valence-electron chi connectivity index (χ2n) is 5.62. The Kier molecular flexibility index (Phi) is 5.29. The van der Waals surface area contributed by atoms with Gasteiger partial charge in [-0.05, 0) is 30.4 Å². The van der Waals surface area contributed by atoms with E-state index in [1.807, 2.05) is 6.92 Å². The van der Waals surface area contributed by atoms with E-state index in [4.69, 9.17) is 5.84 Å². The molecule has 0 saturated heterocycles. The van der Waals surface area contributed by atoms with E-state index in [2.05, 4.69) is 53.9 Å². The third-order valence-electron chi connectivity index (χ3n) is 3.28. The largest absolute Gasteiger partial charge is 0.271 e. The van der Waals surface area contributed by atoms with E-state index in [0.29, 0.717) is 5.92 Å². The molecule has 20 heavy (non-hydrogen) atoms. The average molecular weight is 289 g/mol. The molecule has 1 aromatic carbocycles. The maximum atomic E-state index is 5.74. The lowest BCUT2D eigenvalue weighted by molar-refractivity contribution is 0.545. The zero-order valence-corrected chi connectivity index (χ0v) is 13.2. The highest BCUT2D eigenvalue weighted by Gasteiger charge is 2.13. The Bertz CT molecular complexity index is 548. The third-order valence-corrected chi connectivity index (χ3v) is 4.10. The van der Waals surface area contributed by atoms with E-state index in [9.17, 15) is 0 Å². The number of hydrogen-bond donors (Lipinski definition) is 2. The monoisotopic (exact) mass is 289 g/mol. The number of hydrazine groups is 1. The molecule has 0 saturated carbocycles. The number of aryl methyl sites for hydroxylation is 1. The summed E-state index contributed by atoms with van der Waals surface area (Å²) in [6.45, 7) is 6.51. The molecule has 4 heteroatoms. The first-order chi connectivity index (χ1) is 9.58. The summed E-state index contributed by atoms with van der Waals surface area (Å²) in [5, 5.41) is 3.21. The van der Waals surface area contributed by atoms with Gasteiger partial charge < -0.3 is 0 Å². The molecule has 0 bridgehead atoms. The summed E-state index contributed by atoms with van der Waals surface area (Å²) in [6, 6.07) is 8.80. The summed E-state index contributed by atoms with van der Waals surface area (Å²) < 4.78 is 0. The van der Waals surface area contributed by atoms with E-state index in [0.717, 1.165) is 23.5 Å². The van der Waals surface area contributed by atoms with Gasteiger partial charge in [-0.2, -0.15) is 0 Å². The van der Waals surface area contributed by atoms with Crippen molar-refractivity contribution in [1.82, 2.24) is 10.4 Å². The van der Waals surface area contributed by atoms with Gasteiger partial charge >= 0.3 is 0 Å². The fourth-order valence-electron chi connectivity index (χ4n) is 2.39. The number of benzene rings is 1. The highest BCUT2D eigenvalue weighted by atomic mass is 32.1. The summed E-state index contributed by atoms with van der Waals surface area (Å²) in [5.74, 6) is 6.40. The molecule has 0 spiro atoms. The Morgan fingerprint density at radius 1 is 1.30 bits per heavy atom. The fourth-order valence-corrected chi connectivity index (χ4v) is 3.02. The lowest BCUT2D eigenvalue weighted by atomic mass is 9.97. The number of rotatable bonds is 6. The molecule has 0 amide bonds. The quantitative estimate of drug-likeness (QED) is 0.633. The van der Waals surface area contributed by atoms with Gasteiger partial charge in [-0.15, -0.1) is 11.3 Å². The number of nitrogens with two attached hydrogens (primary N) is 1. The average Bonchev–Trinajstić information content (AvgIpc) is 2.81. The summed E-state index contributed by atoms with van der Waals surface area (Å²) >= 11 is 1.68. The molecule has 2 rings (SSSR count).